The van der Waals surface area contributed by atoms with E-state index in [2.05, 4.69) is 5.32 Å². The number of amides is 1. The molecule has 0 saturated heterocycles. The van der Waals surface area contributed by atoms with Crippen molar-refractivity contribution >= 4 is 11.7 Å². The summed E-state index contributed by atoms with van der Waals surface area (Å²) in [5.74, 6) is 1.80. The molecule has 3 aromatic carbocycles. The summed E-state index contributed by atoms with van der Waals surface area (Å²) in [5, 5.41) is 8.04. The van der Waals surface area contributed by atoms with Gasteiger partial charge in [0.2, 0.25) is 5.91 Å². The molecule has 160 valence electrons. The van der Waals surface area contributed by atoms with Gasteiger partial charge in [-0.15, -0.1) is 0 Å². The fourth-order valence-electron chi connectivity index (χ4n) is 4.29. The quantitative estimate of drug-likeness (QED) is 0.487. The second-order valence-electron chi connectivity index (χ2n) is 7.64. The zero-order valence-corrected chi connectivity index (χ0v) is 17.9. The Balaban J connectivity index is 1.79. The number of hydrogen-bond acceptors (Lipinski definition) is 4. The van der Waals surface area contributed by atoms with Crippen LogP contribution in [0.25, 0.3) is 16.9 Å². The predicted molar refractivity (Wildman–Crippen MR) is 124 cm³/mol. The number of benzene rings is 3. The molecule has 1 amide bonds. The van der Waals surface area contributed by atoms with Gasteiger partial charge in [-0.25, -0.2) is 4.68 Å². The Morgan fingerprint density at radius 2 is 1.66 bits per heavy atom. The number of fused-ring (bicyclic) bond motifs is 1. The Hall–Kier alpha value is -4.06. The number of para-hydroxylation sites is 1. The molecule has 1 atom stereocenters. The van der Waals surface area contributed by atoms with Gasteiger partial charge in [0.05, 0.1) is 25.6 Å². The topological polar surface area (TPSA) is 65.4 Å². The van der Waals surface area contributed by atoms with Crippen LogP contribution in [0.5, 0.6) is 11.5 Å². The second-order valence-corrected chi connectivity index (χ2v) is 7.64. The van der Waals surface area contributed by atoms with Gasteiger partial charge in [-0.1, -0.05) is 48.5 Å². The van der Waals surface area contributed by atoms with Gasteiger partial charge < -0.3 is 14.8 Å². The Bertz CT molecular complexity index is 1270. The molecule has 0 saturated carbocycles. The number of nitrogens with one attached hydrogen (secondary N) is 1. The Labute approximate surface area is 186 Å². The summed E-state index contributed by atoms with van der Waals surface area (Å²) in [6.45, 7) is 0. The number of rotatable bonds is 5. The summed E-state index contributed by atoms with van der Waals surface area (Å²) in [6.07, 6.45) is 0.289. The molecule has 4 aromatic rings. The lowest BCUT2D eigenvalue weighted by Crippen LogP contribution is -2.25. The van der Waals surface area contributed by atoms with Gasteiger partial charge in [-0.05, 0) is 30.3 Å². The number of nitrogens with zero attached hydrogens (tertiary/aromatic N) is 2. The van der Waals surface area contributed by atoms with Gasteiger partial charge in [0.25, 0.3) is 0 Å². The Morgan fingerprint density at radius 1 is 0.938 bits per heavy atom. The van der Waals surface area contributed by atoms with Crippen LogP contribution in [-0.2, 0) is 4.79 Å². The first kappa shape index (κ1) is 19.9. The molecular formula is C26H23N3O3. The van der Waals surface area contributed by atoms with Gasteiger partial charge in [-0.3, -0.25) is 4.79 Å². The van der Waals surface area contributed by atoms with Crippen molar-refractivity contribution in [3.05, 3.63) is 90.0 Å². The number of carbonyl (C=O) groups is 1. The van der Waals surface area contributed by atoms with Crippen molar-refractivity contribution in [1.82, 2.24) is 9.78 Å². The number of methoxy groups -OCH3 is 2. The maximum atomic E-state index is 12.9. The van der Waals surface area contributed by atoms with Gasteiger partial charge >= 0.3 is 0 Å². The van der Waals surface area contributed by atoms with Crippen LogP contribution in [0.4, 0.5) is 5.82 Å². The average molecular weight is 425 g/mol. The van der Waals surface area contributed by atoms with Crippen LogP contribution in [0.3, 0.4) is 0 Å². The van der Waals surface area contributed by atoms with Gasteiger partial charge in [-0.2, -0.15) is 5.10 Å². The van der Waals surface area contributed by atoms with Crippen LogP contribution >= 0.6 is 0 Å². The zero-order valence-electron chi connectivity index (χ0n) is 17.9. The summed E-state index contributed by atoms with van der Waals surface area (Å²) >= 11 is 0. The highest BCUT2D eigenvalue weighted by Crippen LogP contribution is 2.46. The first-order valence-corrected chi connectivity index (χ1v) is 10.4. The first-order valence-electron chi connectivity index (χ1n) is 10.4. The molecule has 1 aromatic heterocycles. The van der Waals surface area contributed by atoms with Gasteiger partial charge in [0, 0.05) is 29.0 Å². The van der Waals surface area contributed by atoms with Crippen LogP contribution in [-0.4, -0.2) is 29.9 Å². The largest absolute Gasteiger partial charge is 0.497 e. The summed E-state index contributed by atoms with van der Waals surface area (Å²) in [5.41, 5.74) is 4.56. The van der Waals surface area contributed by atoms with E-state index in [1.54, 1.807) is 14.2 Å². The van der Waals surface area contributed by atoms with E-state index in [-0.39, 0.29) is 18.2 Å². The predicted octanol–water partition coefficient (Wildman–Crippen LogP) is 5.03. The molecule has 1 aliphatic rings. The van der Waals surface area contributed by atoms with Crippen LogP contribution in [0.1, 0.15) is 23.5 Å². The lowest BCUT2D eigenvalue weighted by Gasteiger charge is -2.26. The van der Waals surface area contributed by atoms with Crippen molar-refractivity contribution in [1.29, 1.82) is 0 Å². The molecule has 0 radical (unpaired) electrons. The lowest BCUT2D eigenvalue weighted by molar-refractivity contribution is -0.116. The van der Waals surface area contributed by atoms with Crippen molar-refractivity contribution in [2.24, 2.45) is 0 Å². The number of hydrogen-bond donors (Lipinski definition) is 1. The maximum absolute atomic E-state index is 12.9. The van der Waals surface area contributed by atoms with Gasteiger partial charge in [0.1, 0.15) is 17.3 Å². The fraction of sp³-hybridized carbons (Fsp3) is 0.154. The molecule has 5 rings (SSSR count). The maximum Gasteiger partial charge on any atom is 0.226 e. The molecule has 1 N–H and O–H groups in total. The van der Waals surface area contributed by atoms with Crippen molar-refractivity contribution in [3.63, 3.8) is 0 Å². The highest BCUT2D eigenvalue weighted by Gasteiger charge is 2.36. The summed E-state index contributed by atoms with van der Waals surface area (Å²) < 4.78 is 13.0. The van der Waals surface area contributed by atoms with Crippen molar-refractivity contribution in [3.8, 4) is 28.4 Å². The Morgan fingerprint density at radius 3 is 2.34 bits per heavy atom. The van der Waals surface area contributed by atoms with E-state index in [1.165, 1.54) is 0 Å². The summed E-state index contributed by atoms with van der Waals surface area (Å²) in [6, 6.07) is 25.5. The van der Waals surface area contributed by atoms with E-state index < -0.39 is 0 Å². The minimum absolute atomic E-state index is 0.0657. The average Bonchev–Trinajstić information content (AvgIpc) is 3.23. The third kappa shape index (κ3) is 3.39. The monoisotopic (exact) mass is 425 g/mol. The molecule has 6 nitrogen and oxygen atoms in total. The molecule has 0 spiro atoms. The van der Waals surface area contributed by atoms with Crippen molar-refractivity contribution < 1.29 is 14.3 Å². The van der Waals surface area contributed by atoms with Crippen LogP contribution in [0.15, 0.2) is 78.9 Å². The highest BCUT2D eigenvalue weighted by atomic mass is 16.5. The number of carbonyl (C=O) groups excluding carboxylic acids is 1. The molecule has 0 unspecified atom stereocenters. The van der Waals surface area contributed by atoms with E-state index in [0.29, 0.717) is 17.3 Å². The molecule has 0 bridgehead atoms. The standard InChI is InChI=1S/C26H23N3O3/c1-31-19-13-14-22(32-2)20(15-19)21-16-23(30)27-26-24(21)25(17-9-5-3-6-10-17)28-29(26)18-11-7-4-8-12-18/h3-15,21H,16H2,1-2H3,(H,27,30)/t21-/m1/s1. The minimum atomic E-state index is -0.239. The highest BCUT2D eigenvalue weighted by molar-refractivity contribution is 5.97. The SMILES string of the molecule is COc1ccc(OC)c([C@H]2CC(=O)Nc3c2c(-c2ccccc2)nn3-c2ccccc2)c1. The van der Waals surface area contributed by atoms with E-state index >= 15 is 0 Å². The third-order valence-corrected chi connectivity index (χ3v) is 5.78. The van der Waals surface area contributed by atoms with E-state index in [0.717, 1.165) is 28.1 Å². The van der Waals surface area contributed by atoms with Crippen molar-refractivity contribution in [2.45, 2.75) is 12.3 Å². The fourth-order valence-corrected chi connectivity index (χ4v) is 4.29. The normalized spacial score (nSPS) is 15.1. The molecular weight excluding hydrogens is 402 g/mol. The van der Waals surface area contributed by atoms with E-state index in [9.17, 15) is 4.79 Å². The van der Waals surface area contributed by atoms with Gasteiger partial charge in [0.15, 0.2) is 0 Å². The third-order valence-electron chi connectivity index (χ3n) is 5.78. The molecule has 32 heavy (non-hydrogen) atoms. The van der Waals surface area contributed by atoms with E-state index in [1.807, 2.05) is 83.5 Å². The first-order chi connectivity index (χ1) is 15.7. The smallest absolute Gasteiger partial charge is 0.226 e. The Kier molecular flexibility index (Phi) is 5.11. The van der Waals surface area contributed by atoms with E-state index in [4.69, 9.17) is 14.6 Å². The molecule has 0 aliphatic carbocycles. The number of ether oxygens (including phenoxy) is 2. The molecule has 6 heteroatoms. The number of aromatic nitrogens is 2. The zero-order chi connectivity index (χ0) is 22.1. The molecule has 2 heterocycles. The van der Waals surface area contributed by atoms with Crippen LogP contribution in [0.2, 0.25) is 0 Å². The lowest BCUT2D eigenvalue weighted by atomic mass is 9.83. The van der Waals surface area contributed by atoms with Crippen LogP contribution < -0.4 is 14.8 Å². The molecule has 0 fully saturated rings. The van der Waals surface area contributed by atoms with Crippen molar-refractivity contribution in [2.75, 3.05) is 19.5 Å². The number of anilines is 1. The summed E-state index contributed by atoms with van der Waals surface area (Å²) in [4.78, 5) is 12.9. The second kappa shape index (κ2) is 8.23. The minimum Gasteiger partial charge on any atom is -0.497 e. The van der Waals surface area contributed by atoms with Crippen LogP contribution in [0, 0.1) is 0 Å². The molecule has 1 aliphatic heterocycles. The summed E-state index contributed by atoms with van der Waals surface area (Å²) in [7, 11) is 3.27.